The van der Waals surface area contributed by atoms with Gasteiger partial charge in [-0.3, -0.25) is 9.59 Å². The summed E-state index contributed by atoms with van der Waals surface area (Å²) in [5.74, 6) is -0.187. The van der Waals surface area contributed by atoms with Crippen LogP contribution in [-0.4, -0.2) is 41.3 Å². The van der Waals surface area contributed by atoms with E-state index in [-0.39, 0.29) is 17.7 Å². The molecule has 5 nitrogen and oxygen atoms in total. The van der Waals surface area contributed by atoms with Crippen molar-refractivity contribution in [2.75, 3.05) is 19.6 Å². The fourth-order valence-electron chi connectivity index (χ4n) is 3.88. The van der Waals surface area contributed by atoms with Gasteiger partial charge in [-0.15, -0.1) is 0 Å². The Labute approximate surface area is 164 Å². The van der Waals surface area contributed by atoms with Gasteiger partial charge >= 0.3 is 0 Å². The summed E-state index contributed by atoms with van der Waals surface area (Å²) in [6.45, 7) is 1.76. The molecule has 1 aromatic heterocycles. The number of hydrogen-bond donors (Lipinski definition) is 2. The second kappa shape index (κ2) is 8.30. The molecule has 1 unspecified atom stereocenters. The summed E-state index contributed by atoms with van der Waals surface area (Å²) in [4.78, 5) is 29.9. The number of carbonyl (C=O) groups is 2. The molecule has 1 saturated heterocycles. The highest BCUT2D eigenvalue weighted by atomic mass is 16.2. The number of aromatic amines is 1. The van der Waals surface area contributed by atoms with E-state index >= 15 is 0 Å². The third-order valence-electron chi connectivity index (χ3n) is 5.47. The van der Waals surface area contributed by atoms with Crippen LogP contribution in [0.5, 0.6) is 0 Å². The summed E-state index contributed by atoms with van der Waals surface area (Å²) < 4.78 is 0. The second-order valence-electron chi connectivity index (χ2n) is 7.38. The molecular weight excluding hydrogens is 350 g/mol. The third kappa shape index (κ3) is 4.09. The predicted molar refractivity (Wildman–Crippen MR) is 110 cm³/mol. The van der Waals surface area contributed by atoms with E-state index in [1.165, 1.54) is 16.5 Å². The van der Waals surface area contributed by atoms with Gasteiger partial charge in [0.2, 0.25) is 11.8 Å². The number of amides is 2. The molecule has 5 heteroatoms. The Balaban J connectivity index is 1.27. The number of carbonyl (C=O) groups excluding carboxylic acids is 2. The Morgan fingerprint density at radius 3 is 2.71 bits per heavy atom. The lowest BCUT2D eigenvalue weighted by atomic mass is 10.1. The monoisotopic (exact) mass is 375 g/mol. The van der Waals surface area contributed by atoms with E-state index in [0.29, 0.717) is 26.1 Å². The van der Waals surface area contributed by atoms with Crippen LogP contribution in [0.25, 0.3) is 10.9 Å². The van der Waals surface area contributed by atoms with Gasteiger partial charge in [-0.2, -0.15) is 0 Å². The quantitative estimate of drug-likeness (QED) is 0.667. The van der Waals surface area contributed by atoms with Crippen LogP contribution < -0.4 is 5.32 Å². The van der Waals surface area contributed by atoms with Crippen LogP contribution in [-0.2, 0) is 22.4 Å². The first kappa shape index (κ1) is 18.3. The first-order chi connectivity index (χ1) is 13.7. The van der Waals surface area contributed by atoms with Crippen LogP contribution in [0.4, 0.5) is 0 Å². The van der Waals surface area contributed by atoms with E-state index in [2.05, 4.69) is 34.6 Å². The van der Waals surface area contributed by atoms with E-state index in [9.17, 15) is 9.59 Å². The van der Waals surface area contributed by atoms with E-state index in [1.54, 1.807) is 0 Å². The number of benzene rings is 2. The fraction of sp³-hybridized carbons (Fsp3) is 0.304. The number of nitrogens with one attached hydrogen (secondary N) is 2. The van der Waals surface area contributed by atoms with Crippen molar-refractivity contribution in [3.05, 3.63) is 71.9 Å². The molecule has 144 valence electrons. The summed E-state index contributed by atoms with van der Waals surface area (Å²) in [5.41, 5.74) is 3.52. The molecule has 0 saturated carbocycles. The number of nitrogens with zero attached hydrogens (tertiary/aromatic N) is 1. The van der Waals surface area contributed by atoms with Crippen molar-refractivity contribution in [3.8, 4) is 0 Å². The maximum Gasteiger partial charge on any atom is 0.225 e. The summed E-state index contributed by atoms with van der Waals surface area (Å²) in [7, 11) is 0. The van der Waals surface area contributed by atoms with E-state index in [0.717, 1.165) is 18.4 Å². The molecule has 0 radical (unpaired) electrons. The van der Waals surface area contributed by atoms with Crippen molar-refractivity contribution in [2.45, 2.75) is 19.3 Å². The summed E-state index contributed by atoms with van der Waals surface area (Å²) >= 11 is 0. The Morgan fingerprint density at radius 1 is 1.07 bits per heavy atom. The van der Waals surface area contributed by atoms with Gasteiger partial charge in [0.25, 0.3) is 0 Å². The van der Waals surface area contributed by atoms with Gasteiger partial charge < -0.3 is 15.2 Å². The summed E-state index contributed by atoms with van der Waals surface area (Å²) in [6, 6.07) is 18.3. The number of likely N-dealkylation sites (tertiary alicyclic amines) is 1. The molecule has 1 fully saturated rings. The van der Waals surface area contributed by atoms with E-state index < -0.39 is 0 Å². The number of H-pyrrole nitrogens is 1. The average Bonchev–Trinajstić information content (AvgIpc) is 3.30. The van der Waals surface area contributed by atoms with Crippen LogP contribution in [0, 0.1) is 5.92 Å². The van der Waals surface area contributed by atoms with Crippen molar-refractivity contribution < 1.29 is 9.59 Å². The molecule has 2 amide bonds. The molecule has 1 aliphatic heterocycles. The molecule has 28 heavy (non-hydrogen) atoms. The summed E-state index contributed by atoms with van der Waals surface area (Å²) in [6.07, 6.45) is 3.92. The van der Waals surface area contributed by atoms with Crippen molar-refractivity contribution in [1.82, 2.24) is 15.2 Å². The molecule has 0 aliphatic carbocycles. The lowest BCUT2D eigenvalue weighted by Crippen LogP contribution is -2.34. The minimum Gasteiger partial charge on any atom is -0.361 e. The molecule has 2 aromatic carbocycles. The van der Waals surface area contributed by atoms with Crippen LogP contribution in [0.3, 0.4) is 0 Å². The number of rotatable bonds is 7. The molecule has 2 N–H and O–H groups in total. The zero-order valence-electron chi connectivity index (χ0n) is 15.9. The molecule has 0 spiro atoms. The minimum absolute atomic E-state index is 0.0149. The zero-order chi connectivity index (χ0) is 19.3. The molecule has 4 rings (SSSR count). The van der Waals surface area contributed by atoms with Crippen LogP contribution >= 0.6 is 0 Å². The molecule has 1 atom stereocenters. The van der Waals surface area contributed by atoms with Gasteiger partial charge in [0.15, 0.2) is 0 Å². The van der Waals surface area contributed by atoms with E-state index in [4.69, 9.17) is 0 Å². The maximum absolute atomic E-state index is 12.4. The SMILES string of the molecule is O=C(NCCc1ccccc1)C1CC(=O)N(CCc2c[nH]c3ccccc23)C1. The molecule has 1 aliphatic rings. The Hall–Kier alpha value is -3.08. The predicted octanol–water partition coefficient (Wildman–Crippen LogP) is 2.92. The van der Waals surface area contributed by atoms with Gasteiger partial charge in [0.05, 0.1) is 5.92 Å². The van der Waals surface area contributed by atoms with E-state index in [1.807, 2.05) is 41.4 Å². The van der Waals surface area contributed by atoms with Gasteiger partial charge in [0.1, 0.15) is 0 Å². The highest BCUT2D eigenvalue weighted by Gasteiger charge is 2.33. The van der Waals surface area contributed by atoms with Gasteiger partial charge in [0, 0.05) is 43.2 Å². The van der Waals surface area contributed by atoms with Crippen LogP contribution in [0.1, 0.15) is 17.5 Å². The Kier molecular flexibility index (Phi) is 5.42. The molecule has 3 aromatic rings. The summed E-state index contributed by atoms with van der Waals surface area (Å²) in [5, 5.41) is 4.18. The highest BCUT2D eigenvalue weighted by Crippen LogP contribution is 2.21. The lowest BCUT2D eigenvalue weighted by Gasteiger charge is -2.16. The highest BCUT2D eigenvalue weighted by molar-refractivity contribution is 5.89. The molecular formula is C23H25N3O2. The van der Waals surface area contributed by atoms with Gasteiger partial charge in [-0.25, -0.2) is 0 Å². The van der Waals surface area contributed by atoms with Crippen LogP contribution in [0.2, 0.25) is 0 Å². The smallest absolute Gasteiger partial charge is 0.225 e. The van der Waals surface area contributed by atoms with Gasteiger partial charge in [-0.1, -0.05) is 48.5 Å². The largest absolute Gasteiger partial charge is 0.361 e. The minimum atomic E-state index is -0.244. The topological polar surface area (TPSA) is 65.2 Å². The maximum atomic E-state index is 12.4. The van der Waals surface area contributed by atoms with Crippen LogP contribution in [0.15, 0.2) is 60.8 Å². The van der Waals surface area contributed by atoms with Crippen molar-refractivity contribution in [3.63, 3.8) is 0 Å². The number of hydrogen-bond acceptors (Lipinski definition) is 2. The number of fused-ring (bicyclic) bond motifs is 1. The first-order valence-corrected chi connectivity index (χ1v) is 9.85. The first-order valence-electron chi connectivity index (χ1n) is 9.85. The number of para-hydroxylation sites is 1. The Morgan fingerprint density at radius 2 is 1.86 bits per heavy atom. The van der Waals surface area contributed by atoms with Gasteiger partial charge in [-0.05, 0) is 30.0 Å². The molecule has 0 bridgehead atoms. The van der Waals surface area contributed by atoms with Crippen molar-refractivity contribution >= 4 is 22.7 Å². The second-order valence-corrected chi connectivity index (χ2v) is 7.38. The number of aromatic nitrogens is 1. The fourth-order valence-corrected chi connectivity index (χ4v) is 3.88. The molecule has 2 heterocycles. The van der Waals surface area contributed by atoms with Crippen molar-refractivity contribution in [1.29, 1.82) is 0 Å². The lowest BCUT2D eigenvalue weighted by molar-refractivity contribution is -0.129. The Bertz CT molecular complexity index is 964. The zero-order valence-corrected chi connectivity index (χ0v) is 15.9. The average molecular weight is 375 g/mol. The van der Waals surface area contributed by atoms with Crippen molar-refractivity contribution in [2.24, 2.45) is 5.92 Å². The third-order valence-corrected chi connectivity index (χ3v) is 5.47. The standard InChI is InChI=1S/C23H25N3O2/c27-22-14-19(23(28)24-12-10-17-6-2-1-3-7-17)16-26(22)13-11-18-15-25-21-9-5-4-8-20(18)21/h1-9,15,19,25H,10-14,16H2,(H,24,28). The normalized spacial score (nSPS) is 16.6.